The van der Waals surface area contributed by atoms with Crippen molar-refractivity contribution in [2.75, 3.05) is 5.88 Å². The van der Waals surface area contributed by atoms with Crippen LogP contribution < -0.4 is 0 Å². The molecule has 0 aromatic carbocycles. The first-order valence-electron chi connectivity index (χ1n) is 3.53. The first-order chi connectivity index (χ1) is 5.77. The molecule has 0 aliphatic heterocycles. The van der Waals surface area contributed by atoms with Gasteiger partial charge in [-0.25, -0.2) is 0 Å². The third kappa shape index (κ3) is 1.93. The molecule has 1 rings (SSSR count). The van der Waals surface area contributed by atoms with Gasteiger partial charge in [0.1, 0.15) is 5.92 Å². The van der Waals surface area contributed by atoms with Crippen molar-refractivity contribution < 1.29 is 0 Å². The molecular weight excluding hydrogens is 174 g/mol. The lowest BCUT2D eigenvalue weighted by molar-refractivity contribution is 0.844. The molecule has 0 radical (unpaired) electrons. The predicted octanol–water partition coefficient (Wildman–Crippen LogP) is 1.63. The maximum atomic E-state index is 8.65. The summed E-state index contributed by atoms with van der Waals surface area (Å²) in [5, 5.41) is 16.3. The maximum absolute atomic E-state index is 8.65. The summed E-state index contributed by atoms with van der Waals surface area (Å²) in [7, 11) is 0. The van der Waals surface area contributed by atoms with Crippen LogP contribution in [0.15, 0.2) is 12.1 Å². The Hall–Kier alpha value is -1.14. The second kappa shape index (κ2) is 4.03. The van der Waals surface area contributed by atoms with Crippen LogP contribution in [0.4, 0.5) is 0 Å². The molecule has 0 N–H and O–H groups in total. The highest BCUT2D eigenvalue weighted by atomic mass is 35.5. The summed E-state index contributed by atoms with van der Waals surface area (Å²) in [4.78, 5) is 0. The van der Waals surface area contributed by atoms with Gasteiger partial charge in [0.25, 0.3) is 0 Å². The zero-order valence-corrected chi connectivity index (χ0v) is 7.41. The van der Waals surface area contributed by atoms with Gasteiger partial charge >= 0.3 is 0 Å². The quantitative estimate of drug-likeness (QED) is 0.652. The molecule has 0 aliphatic rings. The van der Waals surface area contributed by atoms with Gasteiger partial charge in [-0.3, -0.25) is 0 Å². The highest BCUT2D eigenvalue weighted by Gasteiger charge is 2.10. The molecule has 62 valence electrons. The van der Waals surface area contributed by atoms with Crippen LogP contribution in [-0.4, -0.2) is 16.1 Å². The van der Waals surface area contributed by atoms with Crippen LogP contribution in [0.3, 0.4) is 0 Å². The van der Waals surface area contributed by atoms with Crippen LogP contribution in [0.5, 0.6) is 0 Å². The molecule has 1 unspecified atom stereocenters. The Morgan fingerprint density at radius 1 is 1.58 bits per heavy atom. The average Bonchev–Trinajstić information content (AvgIpc) is 2.10. The van der Waals surface area contributed by atoms with Gasteiger partial charge in [-0.2, -0.15) is 15.5 Å². The highest BCUT2D eigenvalue weighted by Crippen LogP contribution is 2.12. The van der Waals surface area contributed by atoms with E-state index in [1.54, 1.807) is 6.07 Å². The minimum Gasteiger partial charge on any atom is -0.198 e. The Bertz CT molecular complexity index is 288. The van der Waals surface area contributed by atoms with Gasteiger partial charge in [0.2, 0.25) is 0 Å². The van der Waals surface area contributed by atoms with Gasteiger partial charge in [0.15, 0.2) is 0 Å². The van der Waals surface area contributed by atoms with E-state index in [4.69, 9.17) is 16.9 Å². The largest absolute Gasteiger partial charge is 0.198 e. The molecule has 0 bridgehead atoms. The summed E-state index contributed by atoms with van der Waals surface area (Å²) in [6, 6.07) is 5.65. The van der Waals surface area contributed by atoms with Crippen LogP contribution in [0.25, 0.3) is 0 Å². The summed E-state index contributed by atoms with van der Waals surface area (Å²) in [5.74, 6) is -0.0893. The zero-order valence-electron chi connectivity index (χ0n) is 6.66. The Morgan fingerprint density at radius 2 is 2.33 bits per heavy atom. The summed E-state index contributed by atoms with van der Waals surface area (Å²) in [6.07, 6.45) is 0. The molecule has 1 aromatic heterocycles. The zero-order chi connectivity index (χ0) is 8.97. The smallest absolute Gasteiger partial charge is 0.104 e. The Kier molecular flexibility index (Phi) is 3.01. The molecule has 0 amide bonds. The molecule has 0 saturated heterocycles. The van der Waals surface area contributed by atoms with E-state index in [0.29, 0.717) is 5.69 Å². The SMILES string of the molecule is Cc1ccc(C(C#N)CCl)nn1. The number of aryl methyl sites for hydroxylation is 1. The van der Waals surface area contributed by atoms with E-state index in [9.17, 15) is 0 Å². The summed E-state index contributed by atoms with van der Waals surface area (Å²) < 4.78 is 0. The van der Waals surface area contributed by atoms with Crippen molar-refractivity contribution >= 4 is 11.6 Å². The van der Waals surface area contributed by atoms with Gasteiger partial charge in [-0.15, -0.1) is 11.6 Å². The Morgan fingerprint density at radius 3 is 2.75 bits per heavy atom. The fourth-order valence-electron chi connectivity index (χ4n) is 0.775. The fraction of sp³-hybridized carbons (Fsp3) is 0.375. The number of alkyl halides is 1. The van der Waals surface area contributed by atoms with Crippen molar-refractivity contribution in [2.24, 2.45) is 0 Å². The number of nitrogens with zero attached hydrogens (tertiary/aromatic N) is 3. The number of hydrogen-bond donors (Lipinski definition) is 0. The first-order valence-corrected chi connectivity index (χ1v) is 4.07. The first kappa shape index (κ1) is 8.95. The summed E-state index contributed by atoms with van der Waals surface area (Å²) in [6.45, 7) is 1.85. The Labute approximate surface area is 76.0 Å². The second-order valence-electron chi connectivity index (χ2n) is 2.44. The van der Waals surface area contributed by atoms with Crippen LogP contribution in [0.2, 0.25) is 0 Å². The number of aromatic nitrogens is 2. The highest BCUT2D eigenvalue weighted by molar-refractivity contribution is 6.18. The van der Waals surface area contributed by atoms with E-state index in [1.807, 2.05) is 13.0 Å². The van der Waals surface area contributed by atoms with Crippen LogP contribution in [-0.2, 0) is 0 Å². The molecule has 0 saturated carbocycles. The number of rotatable bonds is 2. The van der Waals surface area contributed by atoms with Gasteiger partial charge in [0, 0.05) is 5.88 Å². The van der Waals surface area contributed by atoms with E-state index in [-0.39, 0.29) is 11.8 Å². The molecule has 0 aliphatic carbocycles. The van der Waals surface area contributed by atoms with E-state index >= 15 is 0 Å². The lowest BCUT2D eigenvalue weighted by Crippen LogP contribution is -2.02. The number of hydrogen-bond acceptors (Lipinski definition) is 3. The molecule has 3 nitrogen and oxygen atoms in total. The van der Waals surface area contributed by atoms with Crippen molar-refractivity contribution in [2.45, 2.75) is 12.8 Å². The van der Waals surface area contributed by atoms with Crippen LogP contribution in [0, 0.1) is 18.3 Å². The lowest BCUT2D eigenvalue weighted by Gasteiger charge is -2.01. The summed E-state index contributed by atoms with van der Waals surface area (Å²) in [5.41, 5.74) is 1.48. The van der Waals surface area contributed by atoms with Crippen LogP contribution >= 0.6 is 11.6 Å². The average molecular weight is 182 g/mol. The van der Waals surface area contributed by atoms with E-state index < -0.39 is 0 Å². The molecule has 1 atom stereocenters. The van der Waals surface area contributed by atoms with Crippen molar-refractivity contribution in [3.05, 3.63) is 23.5 Å². The normalized spacial score (nSPS) is 12.1. The standard InChI is InChI=1S/C8H8ClN3/c1-6-2-3-8(12-11-6)7(4-9)5-10/h2-3,7H,4H2,1H3. The van der Waals surface area contributed by atoms with Crippen molar-refractivity contribution in [3.63, 3.8) is 0 Å². The predicted molar refractivity (Wildman–Crippen MR) is 45.8 cm³/mol. The molecule has 12 heavy (non-hydrogen) atoms. The van der Waals surface area contributed by atoms with Crippen LogP contribution in [0.1, 0.15) is 17.3 Å². The second-order valence-corrected chi connectivity index (χ2v) is 2.74. The topological polar surface area (TPSA) is 49.6 Å². The van der Waals surface area contributed by atoms with Gasteiger partial charge < -0.3 is 0 Å². The van der Waals surface area contributed by atoms with Gasteiger partial charge in [-0.1, -0.05) is 0 Å². The van der Waals surface area contributed by atoms with Crippen molar-refractivity contribution in [1.29, 1.82) is 5.26 Å². The molecule has 1 aromatic rings. The molecule has 1 heterocycles. The molecule has 4 heteroatoms. The maximum Gasteiger partial charge on any atom is 0.104 e. The molecule has 0 fully saturated rings. The minimum absolute atomic E-state index is 0.258. The Balaban J connectivity index is 2.89. The van der Waals surface area contributed by atoms with Gasteiger partial charge in [0.05, 0.1) is 17.5 Å². The van der Waals surface area contributed by atoms with E-state index in [1.165, 1.54) is 0 Å². The monoisotopic (exact) mass is 181 g/mol. The third-order valence-electron chi connectivity index (χ3n) is 1.49. The number of halogens is 1. The van der Waals surface area contributed by atoms with Gasteiger partial charge in [-0.05, 0) is 19.1 Å². The van der Waals surface area contributed by atoms with Crippen molar-refractivity contribution in [1.82, 2.24) is 10.2 Å². The molecule has 0 spiro atoms. The van der Waals surface area contributed by atoms with E-state index in [0.717, 1.165) is 5.69 Å². The summed E-state index contributed by atoms with van der Waals surface area (Å²) >= 11 is 5.55. The fourth-order valence-corrected chi connectivity index (χ4v) is 1.00. The van der Waals surface area contributed by atoms with E-state index in [2.05, 4.69) is 16.3 Å². The lowest BCUT2D eigenvalue weighted by atomic mass is 10.1. The molecular formula is C8H8ClN3. The third-order valence-corrected chi connectivity index (χ3v) is 1.79. The number of nitriles is 1. The minimum atomic E-state index is -0.347. The van der Waals surface area contributed by atoms with Crippen molar-refractivity contribution in [3.8, 4) is 6.07 Å².